The minimum Gasteiger partial charge on any atom is -0.447 e. The summed E-state index contributed by atoms with van der Waals surface area (Å²) in [7, 11) is 0. The number of likely N-dealkylation sites (tertiary alicyclic amines) is 1. The molecule has 1 atom stereocenters. The summed E-state index contributed by atoms with van der Waals surface area (Å²) in [6.07, 6.45) is 0.105. The van der Waals surface area contributed by atoms with Crippen LogP contribution in [0.4, 0.5) is 4.79 Å². The molecule has 1 rings (SSSR count). The maximum atomic E-state index is 11.2. The summed E-state index contributed by atoms with van der Waals surface area (Å²) in [5.74, 6) is 0. The molecule has 0 aromatic rings. The highest BCUT2D eigenvalue weighted by atomic mass is 16.6. The first-order chi connectivity index (χ1) is 6.05. The molecule has 1 fully saturated rings. The van der Waals surface area contributed by atoms with Crippen molar-refractivity contribution in [2.24, 2.45) is 0 Å². The first-order valence-corrected chi connectivity index (χ1v) is 4.30. The van der Waals surface area contributed by atoms with Gasteiger partial charge in [0.25, 0.3) is 0 Å². The highest BCUT2D eigenvalue weighted by molar-refractivity contribution is 5.68. The van der Waals surface area contributed by atoms with Crippen LogP contribution in [0.5, 0.6) is 0 Å². The van der Waals surface area contributed by atoms with Gasteiger partial charge < -0.3 is 19.8 Å². The van der Waals surface area contributed by atoms with Crippen molar-refractivity contribution in [3.8, 4) is 0 Å². The van der Waals surface area contributed by atoms with Crippen LogP contribution in [0.15, 0.2) is 0 Å². The third-order valence-electron chi connectivity index (χ3n) is 2.03. The second-order valence-corrected chi connectivity index (χ2v) is 3.51. The van der Waals surface area contributed by atoms with E-state index in [0.717, 1.165) is 0 Å². The van der Waals surface area contributed by atoms with Crippen molar-refractivity contribution >= 4 is 6.09 Å². The fourth-order valence-electron chi connectivity index (χ4n) is 1.33. The lowest BCUT2D eigenvalue weighted by Gasteiger charge is -2.18. The number of hydrogen-bond acceptors (Lipinski definition) is 4. The molecule has 0 spiro atoms. The molecule has 0 bridgehead atoms. The molecule has 76 valence electrons. The number of carbonyl (C=O) groups excluding carboxylic acids is 1. The molecule has 2 N–H and O–H groups in total. The number of aliphatic hydroxyl groups is 2. The van der Waals surface area contributed by atoms with Crippen molar-refractivity contribution in [1.82, 2.24) is 4.90 Å². The Morgan fingerprint density at radius 1 is 1.69 bits per heavy atom. The van der Waals surface area contributed by atoms with Crippen LogP contribution >= 0.6 is 0 Å². The van der Waals surface area contributed by atoms with E-state index in [2.05, 4.69) is 0 Å². The summed E-state index contributed by atoms with van der Waals surface area (Å²) in [4.78, 5) is 12.6. The Morgan fingerprint density at radius 2 is 2.38 bits per heavy atom. The Kier molecular flexibility index (Phi) is 3.11. The molecular formula is C8H15NO4. The lowest BCUT2D eigenvalue weighted by Crippen LogP contribution is -2.34. The Balaban J connectivity index is 2.33. The minimum absolute atomic E-state index is 0.0114. The van der Waals surface area contributed by atoms with E-state index in [0.29, 0.717) is 19.5 Å². The van der Waals surface area contributed by atoms with E-state index in [9.17, 15) is 9.90 Å². The number of β-amino-alcohol motifs (C(OH)–C–C–N with tert-alkyl or cyclic N) is 1. The summed E-state index contributed by atoms with van der Waals surface area (Å²) in [6, 6.07) is 0. The number of carbonyl (C=O) groups is 1. The molecule has 1 aliphatic heterocycles. The normalized spacial score (nSPS) is 27.8. The highest BCUT2D eigenvalue weighted by Gasteiger charge is 2.34. The molecule has 1 heterocycles. The first kappa shape index (κ1) is 10.3. The van der Waals surface area contributed by atoms with Gasteiger partial charge in [-0.05, 0) is 13.3 Å². The number of rotatable bonds is 2. The molecule has 1 saturated heterocycles. The first-order valence-electron chi connectivity index (χ1n) is 4.30. The number of nitrogens with zero attached hydrogens (tertiary/aromatic N) is 1. The Morgan fingerprint density at radius 3 is 2.85 bits per heavy atom. The molecule has 0 aliphatic carbocycles. The molecule has 5 heteroatoms. The fourth-order valence-corrected chi connectivity index (χ4v) is 1.33. The second kappa shape index (κ2) is 3.93. The van der Waals surface area contributed by atoms with Gasteiger partial charge >= 0.3 is 6.09 Å². The van der Waals surface area contributed by atoms with Crippen LogP contribution in [0.2, 0.25) is 0 Å². The SMILES string of the molecule is CC1(O)CCN(C(=O)OCCO)C1. The van der Waals surface area contributed by atoms with Crippen LogP contribution in [-0.4, -0.2) is 53.1 Å². The standard InChI is InChI=1S/C8H15NO4/c1-8(12)2-3-9(6-8)7(11)13-5-4-10/h10,12H,2-6H2,1H3. The van der Waals surface area contributed by atoms with Crippen LogP contribution in [0.25, 0.3) is 0 Å². The van der Waals surface area contributed by atoms with E-state index < -0.39 is 11.7 Å². The van der Waals surface area contributed by atoms with Gasteiger partial charge in [-0.1, -0.05) is 0 Å². The number of amides is 1. The van der Waals surface area contributed by atoms with Crippen LogP contribution in [0.1, 0.15) is 13.3 Å². The lowest BCUT2D eigenvalue weighted by atomic mass is 10.1. The van der Waals surface area contributed by atoms with Gasteiger partial charge in [-0.25, -0.2) is 4.79 Å². The fraction of sp³-hybridized carbons (Fsp3) is 0.875. The summed E-state index contributed by atoms with van der Waals surface area (Å²) in [6.45, 7) is 2.34. The maximum absolute atomic E-state index is 11.2. The zero-order chi connectivity index (χ0) is 9.90. The van der Waals surface area contributed by atoms with Crippen LogP contribution in [-0.2, 0) is 4.74 Å². The summed E-state index contributed by atoms with van der Waals surface area (Å²) >= 11 is 0. The molecule has 0 radical (unpaired) electrons. The average molecular weight is 189 g/mol. The van der Waals surface area contributed by atoms with Gasteiger partial charge in [0.1, 0.15) is 6.61 Å². The predicted molar refractivity (Wildman–Crippen MR) is 45.2 cm³/mol. The lowest BCUT2D eigenvalue weighted by molar-refractivity contribution is 0.0563. The molecule has 0 aromatic carbocycles. The Bertz CT molecular complexity index is 193. The number of hydrogen-bond donors (Lipinski definition) is 2. The summed E-state index contributed by atoms with van der Waals surface area (Å²) < 4.78 is 4.69. The van der Waals surface area contributed by atoms with Gasteiger partial charge in [0.15, 0.2) is 0 Å². The van der Waals surface area contributed by atoms with Crippen molar-refractivity contribution in [3.63, 3.8) is 0 Å². The highest BCUT2D eigenvalue weighted by Crippen LogP contribution is 2.20. The van der Waals surface area contributed by atoms with Gasteiger partial charge in [-0.2, -0.15) is 0 Å². The summed E-state index contributed by atoms with van der Waals surface area (Å²) in [5.41, 5.74) is -0.793. The number of aliphatic hydroxyl groups excluding tert-OH is 1. The Hall–Kier alpha value is -0.810. The molecule has 13 heavy (non-hydrogen) atoms. The van der Waals surface area contributed by atoms with E-state index in [4.69, 9.17) is 9.84 Å². The monoisotopic (exact) mass is 189 g/mol. The molecule has 5 nitrogen and oxygen atoms in total. The van der Waals surface area contributed by atoms with Gasteiger partial charge in [-0.3, -0.25) is 0 Å². The number of ether oxygens (including phenoxy) is 1. The van der Waals surface area contributed by atoms with Gasteiger partial charge in [0.2, 0.25) is 0 Å². The van der Waals surface area contributed by atoms with Crippen LogP contribution in [0.3, 0.4) is 0 Å². The van der Waals surface area contributed by atoms with Gasteiger partial charge in [0, 0.05) is 6.54 Å². The molecular weight excluding hydrogens is 174 g/mol. The summed E-state index contributed by atoms with van der Waals surface area (Å²) in [5, 5.41) is 18.0. The van der Waals surface area contributed by atoms with Crippen molar-refractivity contribution in [2.75, 3.05) is 26.3 Å². The minimum atomic E-state index is -0.793. The van der Waals surface area contributed by atoms with Gasteiger partial charge in [0.05, 0.1) is 18.8 Å². The molecule has 1 aliphatic rings. The zero-order valence-corrected chi connectivity index (χ0v) is 7.69. The maximum Gasteiger partial charge on any atom is 0.409 e. The van der Waals surface area contributed by atoms with E-state index in [1.807, 2.05) is 0 Å². The predicted octanol–water partition coefficient (Wildman–Crippen LogP) is -0.428. The van der Waals surface area contributed by atoms with Gasteiger partial charge in [-0.15, -0.1) is 0 Å². The molecule has 1 amide bonds. The van der Waals surface area contributed by atoms with Crippen LogP contribution in [0, 0.1) is 0 Å². The molecule has 1 unspecified atom stereocenters. The average Bonchev–Trinajstić information content (AvgIpc) is 2.42. The quantitative estimate of drug-likeness (QED) is 0.618. The zero-order valence-electron chi connectivity index (χ0n) is 7.69. The molecule has 0 saturated carbocycles. The molecule has 0 aromatic heterocycles. The van der Waals surface area contributed by atoms with Crippen molar-refractivity contribution in [2.45, 2.75) is 18.9 Å². The largest absolute Gasteiger partial charge is 0.447 e. The van der Waals surface area contributed by atoms with E-state index in [1.165, 1.54) is 4.90 Å². The topological polar surface area (TPSA) is 70.0 Å². The van der Waals surface area contributed by atoms with E-state index in [1.54, 1.807) is 6.92 Å². The Labute approximate surface area is 76.9 Å². The second-order valence-electron chi connectivity index (χ2n) is 3.51. The van der Waals surface area contributed by atoms with Crippen LogP contribution < -0.4 is 0 Å². The smallest absolute Gasteiger partial charge is 0.409 e. The third kappa shape index (κ3) is 2.86. The van der Waals surface area contributed by atoms with Crippen molar-refractivity contribution in [3.05, 3.63) is 0 Å². The van der Waals surface area contributed by atoms with Crippen molar-refractivity contribution in [1.29, 1.82) is 0 Å². The van der Waals surface area contributed by atoms with Crippen molar-refractivity contribution < 1.29 is 19.7 Å². The third-order valence-corrected chi connectivity index (χ3v) is 2.03. The van der Waals surface area contributed by atoms with E-state index >= 15 is 0 Å². The van der Waals surface area contributed by atoms with E-state index in [-0.39, 0.29) is 13.2 Å².